The van der Waals surface area contributed by atoms with Gasteiger partial charge in [-0.3, -0.25) is 0 Å². The van der Waals surface area contributed by atoms with Crippen molar-refractivity contribution in [3.05, 3.63) is 47.5 Å². The molecule has 0 aliphatic carbocycles. The first-order chi connectivity index (χ1) is 9.29. The summed E-state index contributed by atoms with van der Waals surface area (Å²) in [6.45, 7) is 2.88. The van der Waals surface area contributed by atoms with Crippen LogP contribution in [-0.2, 0) is 6.42 Å². The Hall–Kier alpha value is -2.29. The summed E-state index contributed by atoms with van der Waals surface area (Å²) in [6, 6.07) is 12.5. The van der Waals surface area contributed by atoms with Gasteiger partial charge in [-0.25, -0.2) is 4.98 Å². The summed E-state index contributed by atoms with van der Waals surface area (Å²) >= 11 is 0. The molecule has 1 aromatic heterocycles. The normalized spacial score (nSPS) is 13.5. The van der Waals surface area contributed by atoms with Crippen LogP contribution in [0.5, 0.6) is 5.75 Å². The summed E-state index contributed by atoms with van der Waals surface area (Å²) in [4.78, 5) is 8.05. The Morgan fingerprint density at radius 2 is 2.11 bits per heavy atom. The first-order valence-electron chi connectivity index (χ1n) is 6.52. The minimum Gasteiger partial charge on any atom is -0.493 e. The molecule has 2 aromatic carbocycles. The van der Waals surface area contributed by atoms with Crippen LogP contribution in [0.15, 0.2) is 36.4 Å². The van der Waals surface area contributed by atoms with Crippen LogP contribution in [0.2, 0.25) is 0 Å². The minimum atomic E-state index is 0.790. The quantitative estimate of drug-likeness (QED) is 0.718. The largest absolute Gasteiger partial charge is 0.493 e. The number of aromatic nitrogens is 2. The van der Waals surface area contributed by atoms with Crippen molar-refractivity contribution in [2.45, 2.75) is 13.3 Å². The molecule has 4 rings (SSSR count). The highest BCUT2D eigenvalue weighted by Crippen LogP contribution is 2.30. The van der Waals surface area contributed by atoms with Crippen LogP contribution in [-0.4, -0.2) is 16.6 Å². The number of ether oxygens (including phenoxy) is 1. The van der Waals surface area contributed by atoms with E-state index >= 15 is 0 Å². The Labute approximate surface area is 111 Å². The molecule has 0 amide bonds. The van der Waals surface area contributed by atoms with Crippen molar-refractivity contribution in [3.8, 4) is 17.1 Å². The van der Waals surface area contributed by atoms with E-state index in [2.05, 4.69) is 47.2 Å². The van der Waals surface area contributed by atoms with Crippen LogP contribution in [0.25, 0.3) is 22.4 Å². The molecule has 1 aliphatic heterocycles. The van der Waals surface area contributed by atoms with Gasteiger partial charge in [-0.2, -0.15) is 0 Å². The molecule has 1 aliphatic rings. The van der Waals surface area contributed by atoms with E-state index in [9.17, 15) is 0 Å². The number of hydrogen-bond donors (Lipinski definition) is 1. The topological polar surface area (TPSA) is 37.9 Å². The lowest BCUT2D eigenvalue weighted by Gasteiger charge is -2.01. The molecule has 0 unspecified atom stereocenters. The predicted molar refractivity (Wildman–Crippen MR) is 75.5 cm³/mol. The molecule has 94 valence electrons. The fourth-order valence-electron chi connectivity index (χ4n) is 2.59. The fourth-order valence-corrected chi connectivity index (χ4v) is 2.59. The summed E-state index contributed by atoms with van der Waals surface area (Å²) in [5, 5.41) is 0. The fraction of sp³-hybridized carbons (Fsp3) is 0.188. The molecular formula is C16H14N2O. The first kappa shape index (κ1) is 10.6. The maximum absolute atomic E-state index is 5.53. The van der Waals surface area contributed by atoms with Gasteiger partial charge in [-0.05, 0) is 48.4 Å². The molecule has 0 bridgehead atoms. The van der Waals surface area contributed by atoms with Crippen molar-refractivity contribution >= 4 is 11.0 Å². The lowest BCUT2D eigenvalue weighted by atomic mass is 10.1. The van der Waals surface area contributed by atoms with Crippen LogP contribution in [0, 0.1) is 6.92 Å². The number of aryl methyl sites for hydroxylation is 1. The zero-order valence-corrected chi connectivity index (χ0v) is 10.7. The van der Waals surface area contributed by atoms with Crippen molar-refractivity contribution in [3.63, 3.8) is 0 Å². The third-order valence-electron chi connectivity index (χ3n) is 3.60. The van der Waals surface area contributed by atoms with Crippen LogP contribution in [0.1, 0.15) is 11.1 Å². The summed E-state index contributed by atoms with van der Waals surface area (Å²) in [5.74, 6) is 1.94. The summed E-state index contributed by atoms with van der Waals surface area (Å²) < 4.78 is 5.53. The molecule has 0 saturated heterocycles. The van der Waals surface area contributed by atoms with Crippen LogP contribution < -0.4 is 4.74 Å². The Morgan fingerprint density at radius 3 is 3.05 bits per heavy atom. The maximum Gasteiger partial charge on any atom is 0.138 e. The third-order valence-corrected chi connectivity index (χ3v) is 3.60. The standard InChI is InChI=1S/C16H14N2O/c1-10-2-4-13-14(8-10)18-16(17-13)12-3-5-15-11(9-12)6-7-19-15/h2-5,8-9H,6-7H2,1H3,(H,17,18). The lowest BCUT2D eigenvalue weighted by molar-refractivity contribution is 0.357. The number of fused-ring (bicyclic) bond motifs is 2. The number of hydrogen-bond acceptors (Lipinski definition) is 2. The second kappa shape index (κ2) is 3.85. The molecule has 19 heavy (non-hydrogen) atoms. The smallest absolute Gasteiger partial charge is 0.138 e. The molecule has 3 aromatic rings. The summed E-state index contributed by atoms with van der Waals surface area (Å²) in [5.41, 5.74) is 5.74. The van der Waals surface area contributed by atoms with Gasteiger partial charge in [0.25, 0.3) is 0 Å². The molecule has 3 nitrogen and oxygen atoms in total. The molecule has 0 atom stereocenters. The average Bonchev–Trinajstić information content (AvgIpc) is 3.02. The number of H-pyrrole nitrogens is 1. The summed E-state index contributed by atoms with van der Waals surface area (Å²) in [6.07, 6.45) is 0.989. The SMILES string of the molecule is Cc1ccc2nc(-c3ccc4c(c3)CCO4)[nH]c2c1. The second-order valence-electron chi connectivity index (χ2n) is 5.03. The van der Waals surface area contributed by atoms with Crippen molar-refractivity contribution in [1.29, 1.82) is 0 Å². The van der Waals surface area contributed by atoms with Crippen LogP contribution >= 0.6 is 0 Å². The van der Waals surface area contributed by atoms with Gasteiger partial charge >= 0.3 is 0 Å². The van der Waals surface area contributed by atoms with E-state index in [4.69, 9.17) is 4.74 Å². The highest BCUT2D eigenvalue weighted by molar-refractivity contribution is 5.80. The van der Waals surface area contributed by atoms with E-state index in [1.165, 1.54) is 11.1 Å². The molecule has 0 radical (unpaired) electrons. The van der Waals surface area contributed by atoms with Gasteiger partial charge in [0.15, 0.2) is 0 Å². The molecule has 2 heterocycles. The van der Waals surface area contributed by atoms with Crippen molar-refractivity contribution < 1.29 is 4.74 Å². The van der Waals surface area contributed by atoms with E-state index < -0.39 is 0 Å². The van der Waals surface area contributed by atoms with Gasteiger partial charge in [0.1, 0.15) is 11.6 Å². The number of nitrogens with one attached hydrogen (secondary N) is 1. The van der Waals surface area contributed by atoms with Gasteiger partial charge in [-0.15, -0.1) is 0 Å². The molecule has 1 N–H and O–H groups in total. The molecule has 0 spiro atoms. The lowest BCUT2D eigenvalue weighted by Crippen LogP contribution is -1.85. The maximum atomic E-state index is 5.53. The molecule has 3 heteroatoms. The Bertz CT molecular complexity index is 774. The summed E-state index contributed by atoms with van der Waals surface area (Å²) in [7, 11) is 0. The third kappa shape index (κ3) is 1.70. The first-order valence-corrected chi connectivity index (χ1v) is 6.52. The van der Waals surface area contributed by atoms with Crippen LogP contribution in [0.4, 0.5) is 0 Å². The van der Waals surface area contributed by atoms with Gasteiger partial charge < -0.3 is 9.72 Å². The minimum absolute atomic E-state index is 0.790. The van der Waals surface area contributed by atoms with Gasteiger partial charge in [0.2, 0.25) is 0 Å². The van der Waals surface area contributed by atoms with Crippen molar-refractivity contribution in [2.75, 3.05) is 6.61 Å². The monoisotopic (exact) mass is 250 g/mol. The molecular weight excluding hydrogens is 236 g/mol. The Kier molecular flexibility index (Phi) is 2.15. The Balaban J connectivity index is 1.85. The van der Waals surface area contributed by atoms with Gasteiger partial charge in [0.05, 0.1) is 17.6 Å². The van der Waals surface area contributed by atoms with E-state index in [1.807, 2.05) is 6.07 Å². The number of nitrogens with zero attached hydrogens (tertiary/aromatic N) is 1. The van der Waals surface area contributed by atoms with Crippen molar-refractivity contribution in [2.24, 2.45) is 0 Å². The van der Waals surface area contributed by atoms with E-state index in [-0.39, 0.29) is 0 Å². The zero-order chi connectivity index (χ0) is 12.8. The number of imidazole rings is 1. The van der Waals surface area contributed by atoms with Gasteiger partial charge in [-0.1, -0.05) is 6.07 Å². The zero-order valence-electron chi connectivity index (χ0n) is 10.7. The Morgan fingerprint density at radius 1 is 1.16 bits per heavy atom. The highest BCUT2D eigenvalue weighted by Gasteiger charge is 2.14. The molecule has 0 fully saturated rings. The van der Waals surface area contributed by atoms with Crippen molar-refractivity contribution in [1.82, 2.24) is 9.97 Å². The highest BCUT2D eigenvalue weighted by atomic mass is 16.5. The second-order valence-corrected chi connectivity index (χ2v) is 5.03. The van der Waals surface area contributed by atoms with E-state index in [1.54, 1.807) is 0 Å². The van der Waals surface area contributed by atoms with E-state index in [0.717, 1.165) is 41.2 Å². The van der Waals surface area contributed by atoms with Gasteiger partial charge in [0, 0.05) is 12.0 Å². The van der Waals surface area contributed by atoms with Crippen LogP contribution in [0.3, 0.4) is 0 Å². The van der Waals surface area contributed by atoms with E-state index in [0.29, 0.717) is 0 Å². The molecule has 0 saturated carbocycles. The predicted octanol–water partition coefficient (Wildman–Crippen LogP) is 3.47. The average molecular weight is 250 g/mol. The number of benzene rings is 2. The number of rotatable bonds is 1. The number of aromatic amines is 1.